The van der Waals surface area contributed by atoms with Gasteiger partial charge < -0.3 is 14.8 Å². The highest BCUT2D eigenvalue weighted by Crippen LogP contribution is 2.27. The van der Waals surface area contributed by atoms with E-state index >= 15 is 0 Å². The van der Waals surface area contributed by atoms with E-state index in [9.17, 15) is 22.8 Å². The van der Waals surface area contributed by atoms with Gasteiger partial charge in [0.05, 0.1) is 19.2 Å². The molecule has 1 aromatic rings. The predicted molar refractivity (Wildman–Crippen MR) is 156 cm³/mol. The van der Waals surface area contributed by atoms with Crippen molar-refractivity contribution >= 4 is 33.3 Å². The monoisotopic (exact) mass is 591 g/mol. The van der Waals surface area contributed by atoms with Crippen molar-refractivity contribution in [3.63, 3.8) is 0 Å². The highest BCUT2D eigenvalue weighted by atomic mass is 32.2. The van der Waals surface area contributed by atoms with Crippen LogP contribution >= 0.6 is 0 Å². The Hall–Kier alpha value is -2.21. The number of ether oxygens (including phenoxy) is 2. The Bertz CT molecular complexity index is 986. The first-order chi connectivity index (χ1) is 18.4. The Morgan fingerprint density at radius 2 is 1.48 bits per heavy atom. The smallest absolute Gasteiger partial charge is 0.298 e. The van der Waals surface area contributed by atoms with Crippen LogP contribution in [-0.2, 0) is 38.2 Å². The predicted octanol–water partition coefficient (Wildman–Crippen LogP) is 6.01. The quantitative estimate of drug-likeness (QED) is 0.153. The van der Waals surface area contributed by atoms with Crippen molar-refractivity contribution in [2.24, 2.45) is 0 Å². The number of Topliss-reactive ketones (excluding diaryl/α,β-unsaturated/α-hetero) is 2. The van der Waals surface area contributed by atoms with Crippen LogP contribution in [0.15, 0.2) is 29.2 Å². The Morgan fingerprint density at radius 3 is 1.95 bits per heavy atom. The normalized spacial score (nSPS) is 13.2. The van der Waals surface area contributed by atoms with E-state index in [0.717, 1.165) is 45.6 Å². The lowest BCUT2D eigenvalue weighted by Crippen LogP contribution is -2.42. The molecule has 0 bridgehead atoms. The van der Waals surface area contributed by atoms with Crippen LogP contribution < -0.4 is 5.32 Å². The summed E-state index contributed by atoms with van der Waals surface area (Å²) in [4.78, 5) is 35.5. The molecule has 1 amide bonds. The molecule has 9 nitrogen and oxygen atoms in total. The number of hydrogen-bond acceptors (Lipinski definition) is 8. The number of nitrogens with one attached hydrogen (secondary N) is 1. The average molecular weight is 592 g/mol. The van der Waals surface area contributed by atoms with Crippen molar-refractivity contribution < 1.29 is 41.2 Å². The van der Waals surface area contributed by atoms with Crippen LogP contribution in [0.1, 0.15) is 98.3 Å². The molecule has 2 atom stereocenters. The zero-order valence-electron chi connectivity index (χ0n) is 25.2. The SMILES string of the molecule is CCCCCCC(CC(=O)Nc1ccccc1S(=O)(=O)OC)(OC)C(C)=O.CCCCCCC(OC)C(C)=O.F. The lowest BCUT2D eigenvalue weighted by Gasteiger charge is -2.29. The number of carbonyl (C=O) groups is 3. The summed E-state index contributed by atoms with van der Waals surface area (Å²) in [6.45, 7) is 7.26. The number of unbranched alkanes of at least 4 members (excludes halogenated alkanes) is 6. The van der Waals surface area contributed by atoms with Crippen LogP contribution in [0.4, 0.5) is 10.4 Å². The largest absolute Gasteiger partial charge is 0.374 e. The van der Waals surface area contributed by atoms with E-state index < -0.39 is 21.6 Å². The van der Waals surface area contributed by atoms with Gasteiger partial charge in [-0.1, -0.05) is 77.3 Å². The molecule has 0 aromatic heterocycles. The molecule has 1 rings (SSSR count). The van der Waals surface area contributed by atoms with Gasteiger partial charge in [0.2, 0.25) is 5.91 Å². The minimum absolute atomic E-state index is 0. The minimum atomic E-state index is -3.97. The highest BCUT2D eigenvalue weighted by Gasteiger charge is 2.37. The fraction of sp³-hybridized carbons (Fsp3) is 0.690. The molecule has 0 heterocycles. The Balaban J connectivity index is 0. The molecule has 0 radical (unpaired) electrons. The lowest BCUT2D eigenvalue weighted by molar-refractivity contribution is -0.145. The molecule has 1 N–H and O–H groups in total. The molecule has 0 aliphatic rings. The van der Waals surface area contributed by atoms with Crippen LogP contribution in [0.2, 0.25) is 0 Å². The standard InChI is InChI=1S/C19H29NO6S.C10H20O2.FH/c1-5-6-7-10-13-19(25-3,15(2)21)14-18(22)20-16-11-8-9-12-17(16)27(23,24)26-4;1-4-5-6-7-8-10(12-3)9(2)11;/h8-9,11-12H,5-7,10,13-14H2,1-4H3,(H,20,22);10H,4-8H2,1-3H3;1H. The second-order valence-corrected chi connectivity index (χ2v) is 11.3. The van der Waals surface area contributed by atoms with Crippen molar-refractivity contribution in [2.45, 2.75) is 115 Å². The third kappa shape index (κ3) is 14.4. The third-order valence-corrected chi connectivity index (χ3v) is 7.95. The number of methoxy groups -OCH3 is 2. The first-order valence-corrected chi connectivity index (χ1v) is 15.1. The Kier molecular flexibility index (Phi) is 21.5. The molecule has 0 saturated carbocycles. The summed E-state index contributed by atoms with van der Waals surface area (Å²) in [7, 11) is 0.0956. The van der Waals surface area contributed by atoms with Gasteiger partial charge in [-0.3, -0.25) is 23.3 Å². The van der Waals surface area contributed by atoms with E-state index in [0.29, 0.717) is 6.42 Å². The summed E-state index contributed by atoms with van der Waals surface area (Å²) in [5, 5.41) is 2.57. The van der Waals surface area contributed by atoms with Crippen molar-refractivity contribution in [3.8, 4) is 0 Å². The highest BCUT2D eigenvalue weighted by molar-refractivity contribution is 7.87. The van der Waals surface area contributed by atoms with Crippen LogP contribution in [-0.4, -0.2) is 58.9 Å². The number of para-hydroxylation sites is 1. The maximum absolute atomic E-state index is 12.6. The molecular formula is C29H50FNO8S. The lowest BCUT2D eigenvalue weighted by atomic mass is 9.88. The van der Waals surface area contributed by atoms with Gasteiger partial charge in [0.25, 0.3) is 10.1 Å². The van der Waals surface area contributed by atoms with Gasteiger partial charge in [0.1, 0.15) is 16.6 Å². The first kappa shape index (κ1) is 39.9. The summed E-state index contributed by atoms with van der Waals surface area (Å²) >= 11 is 0. The molecular weight excluding hydrogens is 541 g/mol. The second-order valence-electron chi connectivity index (χ2n) is 9.59. The molecule has 11 heteroatoms. The molecule has 1 aromatic carbocycles. The van der Waals surface area contributed by atoms with E-state index in [2.05, 4.69) is 23.3 Å². The topological polar surface area (TPSA) is 125 Å². The van der Waals surface area contributed by atoms with Crippen LogP contribution in [0.5, 0.6) is 0 Å². The number of ketones is 2. The zero-order valence-corrected chi connectivity index (χ0v) is 26.1. The van der Waals surface area contributed by atoms with Crippen LogP contribution in [0, 0.1) is 0 Å². The van der Waals surface area contributed by atoms with Crippen molar-refractivity contribution in [1.82, 2.24) is 0 Å². The van der Waals surface area contributed by atoms with E-state index in [1.807, 2.05) is 0 Å². The maximum atomic E-state index is 12.6. The summed E-state index contributed by atoms with van der Waals surface area (Å²) in [6, 6.07) is 5.94. The van der Waals surface area contributed by atoms with Crippen LogP contribution in [0.3, 0.4) is 0 Å². The minimum Gasteiger partial charge on any atom is -0.374 e. The van der Waals surface area contributed by atoms with E-state index in [4.69, 9.17) is 9.47 Å². The third-order valence-electron chi connectivity index (χ3n) is 6.62. The van der Waals surface area contributed by atoms with Crippen molar-refractivity contribution in [2.75, 3.05) is 26.6 Å². The van der Waals surface area contributed by atoms with E-state index in [-0.39, 0.29) is 39.4 Å². The number of carbonyl (C=O) groups excluding carboxylic acids is 3. The number of amides is 1. The van der Waals surface area contributed by atoms with Crippen molar-refractivity contribution in [3.05, 3.63) is 24.3 Å². The van der Waals surface area contributed by atoms with Gasteiger partial charge in [-0.25, -0.2) is 0 Å². The van der Waals surface area contributed by atoms with Gasteiger partial charge in [0, 0.05) is 14.2 Å². The maximum Gasteiger partial charge on any atom is 0.298 e. The van der Waals surface area contributed by atoms with Gasteiger partial charge >= 0.3 is 0 Å². The van der Waals surface area contributed by atoms with Gasteiger partial charge in [0.15, 0.2) is 11.6 Å². The summed E-state index contributed by atoms with van der Waals surface area (Å²) in [5.41, 5.74) is -1.11. The molecule has 2 unspecified atom stereocenters. The molecule has 0 fully saturated rings. The molecule has 0 aliphatic carbocycles. The van der Waals surface area contributed by atoms with E-state index in [1.54, 1.807) is 20.1 Å². The fourth-order valence-electron chi connectivity index (χ4n) is 4.12. The molecule has 0 spiro atoms. The summed E-state index contributed by atoms with van der Waals surface area (Å²) < 4.78 is 39.0. The summed E-state index contributed by atoms with van der Waals surface area (Å²) in [5.74, 6) is -0.579. The molecule has 0 aliphatic heterocycles. The van der Waals surface area contributed by atoms with Crippen LogP contribution in [0.25, 0.3) is 0 Å². The molecule has 0 saturated heterocycles. The van der Waals surface area contributed by atoms with E-state index in [1.165, 1.54) is 51.5 Å². The van der Waals surface area contributed by atoms with Crippen molar-refractivity contribution in [1.29, 1.82) is 0 Å². The molecule has 40 heavy (non-hydrogen) atoms. The summed E-state index contributed by atoms with van der Waals surface area (Å²) in [6.07, 6.45) is 9.60. The number of halogens is 1. The zero-order chi connectivity index (χ0) is 29.9. The average Bonchev–Trinajstić information content (AvgIpc) is 2.90. The fourth-order valence-corrected chi connectivity index (χ4v) is 4.93. The number of hydrogen-bond donors (Lipinski definition) is 1. The first-order valence-electron chi connectivity index (χ1n) is 13.7. The van der Waals surface area contributed by atoms with Gasteiger partial charge in [-0.05, 0) is 38.8 Å². The van der Waals surface area contributed by atoms with Gasteiger partial charge in [-0.15, -0.1) is 0 Å². The Morgan fingerprint density at radius 1 is 0.900 bits per heavy atom. The second kappa shape index (κ2) is 21.5. The number of benzene rings is 1. The Labute approximate surface area is 240 Å². The number of anilines is 1. The number of rotatable bonds is 19. The molecule has 232 valence electrons. The van der Waals surface area contributed by atoms with Gasteiger partial charge in [-0.2, -0.15) is 8.42 Å².